The van der Waals surface area contributed by atoms with Crippen LogP contribution in [0.15, 0.2) is 12.3 Å². The third kappa shape index (κ3) is 6.49. The van der Waals surface area contributed by atoms with E-state index in [9.17, 15) is 19.7 Å². The fourth-order valence-electron chi connectivity index (χ4n) is 4.27. The van der Waals surface area contributed by atoms with E-state index in [4.69, 9.17) is 14.4 Å². The Balaban J connectivity index is 1.58. The van der Waals surface area contributed by atoms with E-state index in [-0.39, 0.29) is 12.6 Å². The van der Waals surface area contributed by atoms with Crippen molar-refractivity contribution in [3.8, 4) is 6.01 Å². The second-order valence-corrected chi connectivity index (χ2v) is 11.1. The minimum Gasteiger partial charge on any atom is -0.462 e. The fraction of sp³-hybridized carbons (Fsp3) is 0.714. The van der Waals surface area contributed by atoms with Crippen molar-refractivity contribution < 1.29 is 38.7 Å². The Morgan fingerprint density at radius 1 is 1.26 bits per heavy atom. The monoisotopic (exact) mass is 515 g/mol. The molecule has 0 aromatic carbocycles. The summed E-state index contributed by atoms with van der Waals surface area (Å²) in [6.45, 7) is 1.70. The largest absolute Gasteiger partial charge is 0.462 e. The summed E-state index contributed by atoms with van der Waals surface area (Å²) in [5, 5.41) is 25.4. The lowest BCUT2D eigenvalue weighted by molar-refractivity contribution is -0.238. The average Bonchev–Trinajstić information content (AvgIpc) is 3.49. The first-order valence-corrected chi connectivity index (χ1v) is 13.7. The zero-order chi connectivity index (χ0) is 25.2. The molecule has 1 aliphatic heterocycles. The number of aliphatic hydroxyl groups is 2. The predicted molar refractivity (Wildman–Crippen MR) is 126 cm³/mol. The number of fused-ring (bicyclic) bond motifs is 1. The molecule has 2 fully saturated rings. The summed E-state index contributed by atoms with van der Waals surface area (Å²) in [6, 6.07) is 2.33. The minimum atomic E-state index is -3.86. The van der Waals surface area contributed by atoms with Gasteiger partial charge in [0.25, 0.3) is 0 Å². The summed E-state index contributed by atoms with van der Waals surface area (Å²) < 4.78 is 28.9. The zero-order valence-corrected chi connectivity index (χ0v) is 21.0. The molecule has 35 heavy (non-hydrogen) atoms. The predicted octanol–water partition coefficient (Wildman–Crippen LogP) is 1.11. The molecule has 0 amide bonds. The molecule has 1 unspecified atom stereocenters. The second kappa shape index (κ2) is 11.1. The quantitative estimate of drug-likeness (QED) is 0.192. The molecular weight excluding hydrogens is 481 g/mol. The number of ether oxygens (including phenoxy) is 2. The Bertz CT molecular complexity index is 1040. The first-order valence-electron chi connectivity index (χ1n) is 11.7. The molecule has 14 heteroatoms. The molecule has 1 aliphatic carbocycles. The van der Waals surface area contributed by atoms with Gasteiger partial charge >= 0.3 is 13.6 Å². The molecule has 1 saturated carbocycles. The molecule has 0 radical (unpaired) electrons. The lowest BCUT2D eigenvalue weighted by Gasteiger charge is -2.19. The number of nitrogens with one attached hydrogen (secondary N) is 1. The summed E-state index contributed by atoms with van der Waals surface area (Å²) in [6.07, 6.45) is 1.55. The summed E-state index contributed by atoms with van der Waals surface area (Å²) in [4.78, 5) is 25.1. The molecule has 196 valence electrons. The molecule has 13 nitrogen and oxygen atoms in total. The normalized spacial score (nSPS) is 27.1. The van der Waals surface area contributed by atoms with Crippen molar-refractivity contribution in [1.82, 2.24) is 19.4 Å². The first kappa shape index (κ1) is 26.2. The molecule has 5 atom stereocenters. The Morgan fingerprint density at radius 3 is 2.69 bits per heavy atom. The maximum atomic E-state index is 11.2. The molecule has 0 spiro atoms. The topological polar surface area (TPSA) is 161 Å². The summed E-state index contributed by atoms with van der Waals surface area (Å²) in [5.74, 6) is 0.642. The van der Waals surface area contributed by atoms with Crippen molar-refractivity contribution >= 4 is 24.4 Å². The van der Waals surface area contributed by atoms with Crippen LogP contribution >= 0.6 is 7.60 Å². The minimum absolute atomic E-state index is 0.197. The van der Waals surface area contributed by atoms with Gasteiger partial charge in [0, 0.05) is 25.4 Å². The number of aromatic nitrogens is 3. The third-order valence-corrected chi connectivity index (χ3v) is 6.43. The summed E-state index contributed by atoms with van der Waals surface area (Å²) >= 11 is 0. The van der Waals surface area contributed by atoms with Crippen LogP contribution in [0.2, 0.25) is 0 Å². The van der Waals surface area contributed by atoms with Crippen LogP contribution in [-0.4, -0.2) is 99.4 Å². The number of anilines is 1. The van der Waals surface area contributed by atoms with Crippen molar-refractivity contribution in [3.63, 3.8) is 0 Å². The first-order chi connectivity index (χ1) is 16.6. The van der Waals surface area contributed by atoms with E-state index < -0.39 is 32.1 Å². The van der Waals surface area contributed by atoms with Gasteiger partial charge in [0.15, 0.2) is 11.9 Å². The van der Waals surface area contributed by atoms with Crippen LogP contribution in [0.5, 0.6) is 6.01 Å². The highest BCUT2D eigenvalue weighted by Crippen LogP contribution is 2.38. The van der Waals surface area contributed by atoms with Crippen molar-refractivity contribution in [2.24, 2.45) is 0 Å². The van der Waals surface area contributed by atoms with E-state index >= 15 is 0 Å². The highest BCUT2D eigenvalue weighted by Gasteiger charge is 2.44. The van der Waals surface area contributed by atoms with Gasteiger partial charge in [-0.05, 0) is 33.0 Å². The molecule has 2 aromatic heterocycles. The number of hydrogen-bond acceptors (Lipinski definition) is 11. The summed E-state index contributed by atoms with van der Waals surface area (Å²) in [7, 11) is 0.0293. The molecule has 4 N–H and O–H groups in total. The van der Waals surface area contributed by atoms with Gasteiger partial charge < -0.3 is 39.4 Å². The van der Waals surface area contributed by atoms with E-state index in [1.165, 1.54) is 0 Å². The van der Waals surface area contributed by atoms with Crippen LogP contribution in [-0.2, 0) is 18.9 Å². The Labute approximate surface area is 203 Å². The van der Waals surface area contributed by atoms with Gasteiger partial charge in [-0.3, -0.25) is 4.57 Å². The SMILES string of the molecule is CN(C)CCOc1nc(NC2CCCC2)c2ccn([C@@H]3O[C@H](COOP(C)(=O)O)[C@@H](O)[C@H]3O)c2n1. The van der Waals surface area contributed by atoms with E-state index in [2.05, 4.69) is 20.0 Å². The Kier molecular flexibility index (Phi) is 8.29. The van der Waals surface area contributed by atoms with Crippen molar-refractivity contribution in [2.45, 2.75) is 56.3 Å². The number of aliphatic hydroxyl groups excluding tert-OH is 2. The fourth-order valence-corrected chi connectivity index (χ4v) is 4.52. The van der Waals surface area contributed by atoms with Crippen LogP contribution in [0.1, 0.15) is 31.9 Å². The van der Waals surface area contributed by atoms with Gasteiger partial charge in [-0.15, -0.1) is 4.67 Å². The average molecular weight is 516 g/mol. The van der Waals surface area contributed by atoms with E-state index in [0.717, 1.165) is 37.7 Å². The molecule has 2 aromatic rings. The van der Waals surface area contributed by atoms with Gasteiger partial charge in [0.2, 0.25) is 0 Å². The molecule has 1 saturated heterocycles. The van der Waals surface area contributed by atoms with Gasteiger partial charge in [0.05, 0.1) is 5.39 Å². The van der Waals surface area contributed by atoms with Crippen molar-refractivity contribution in [3.05, 3.63) is 12.3 Å². The van der Waals surface area contributed by atoms with Crippen LogP contribution in [0.25, 0.3) is 11.0 Å². The number of rotatable bonds is 11. The van der Waals surface area contributed by atoms with Crippen LogP contribution in [0, 0.1) is 0 Å². The van der Waals surface area contributed by atoms with E-state index in [0.29, 0.717) is 30.7 Å². The molecule has 4 rings (SSSR count). The standard InChI is InChI=1S/C21H34N5O8P/c1-25(2)10-11-31-21-23-18(22-13-6-4-5-7-13)14-8-9-26(19(14)24-21)20-17(28)16(27)15(33-20)12-32-34-35(3,29)30/h8-9,13,15-17,20,27-28H,4-7,10-12H2,1-3H3,(H,29,30)(H,22,23,24)/t15-,16-,17-,20-/m1/s1. The smallest absolute Gasteiger partial charge is 0.352 e. The highest BCUT2D eigenvalue weighted by atomic mass is 31.2. The van der Waals surface area contributed by atoms with Crippen LogP contribution < -0.4 is 10.1 Å². The Morgan fingerprint density at radius 2 is 2.00 bits per heavy atom. The molecule has 3 heterocycles. The number of likely N-dealkylation sites (N-methyl/N-ethyl adjacent to an activating group) is 1. The third-order valence-electron chi connectivity index (χ3n) is 6.05. The zero-order valence-electron chi connectivity index (χ0n) is 20.1. The highest BCUT2D eigenvalue weighted by molar-refractivity contribution is 7.51. The van der Waals surface area contributed by atoms with Crippen molar-refractivity contribution in [2.75, 3.05) is 45.8 Å². The lowest BCUT2D eigenvalue weighted by Crippen LogP contribution is -2.33. The summed E-state index contributed by atoms with van der Waals surface area (Å²) in [5.41, 5.74) is 0.475. The second-order valence-electron chi connectivity index (χ2n) is 9.30. The van der Waals surface area contributed by atoms with Crippen LogP contribution in [0.4, 0.5) is 5.82 Å². The number of hydrogen-bond donors (Lipinski definition) is 4. The van der Waals surface area contributed by atoms with E-state index in [1.807, 2.05) is 25.1 Å². The Hall–Kier alpha value is -1.83. The van der Waals surface area contributed by atoms with Gasteiger partial charge in [-0.25, -0.2) is 4.89 Å². The molecule has 2 aliphatic rings. The van der Waals surface area contributed by atoms with Gasteiger partial charge in [0.1, 0.15) is 37.3 Å². The van der Waals surface area contributed by atoms with Gasteiger partial charge in [-0.2, -0.15) is 9.97 Å². The van der Waals surface area contributed by atoms with Crippen LogP contribution in [0.3, 0.4) is 0 Å². The lowest BCUT2D eigenvalue weighted by atomic mass is 10.1. The maximum Gasteiger partial charge on any atom is 0.352 e. The maximum absolute atomic E-state index is 11.2. The van der Waals surface area contributed by atoms with Crippen molar-refractivity contribution in [1.29, 1.82) is 0 Å². The molecular formula is C21H34N5O8P. The number of nitrogens with zero attached hydrogens (tertiary/aromatic N) is 4. The molecule has 0 bridgehead atoms. The van der Waals surface area contributed by atoms with E-state index in [1.54, 1.807) is 10.8 Å². The van der Waals surface area contributed by atoms with Gasteiger partial charge in [-0.1, -0.05) is 12.8 Å².